The maximum Gasteiger partial charge on any atom is 0.255 e. The summed E-state index contributed by atoms with van der Waals surface area (Å²) in [6, 6.07) is 5.26. The Morgan fingerprint density at radius 1 is 1.42 bits per heavy atom. The lowest BCUT2D eigenvalue weighted by molar-refractivity contribution is 0.0711. The van der Waals surface area contributed by atoms with Gasteiger partial charge in [0.05, 0.1) is 17.1 Å². The normalized spacial score (nSPS) is 22.3. The fraction of sp³-hybridized carbons (Fsp3) is 0.462. The van der Waals surface area contributed by atoms with Crippen molar-refractivity contribution in [1.82, 2.24) is 4.90 Å². The predicted octanol–water partition coefficient (Wildman–Crippen LogP) is 2.02. The molecule has 1 saturated heterocycles. The van der Waals surface area contributed by atoms with Crippen molar-refractivity contribution < 1.29 is 13.2 Å². The summed E-state index contributed by atoms with van der Waals surface area (Å²) in [7, 11) is -3.00. The molecular weight excluding hydrogens is 330 g/mol. The van der Waals surface area contributed by atoms with Gasteiger partial charge in [0.15, 0.2) is 9.84 Å². The Hall–Kier alpha value is -0.880. The highest BCUT2D eigenvalue weighted by molar-refractivity contribution is 9.10. The van der Waals surface area contributed by atoms with Crippen LogP contribution in [0, 0.1) is 6.92 Å². The second-order valence-electron chi connectivity index (χ2n) is 4.95. The molecule has 0 N–H and O–H groups in total. The predicted molar refractivity (Wildman–Crippen MR) is 78.0 cm³/mol. The number of carbonyl (C=O) groups excluding carboxylic acids is 1. The monoisotopic (exact) mass is 345 g/mol. The van der Waals surface area contributed by atoms with Crippen molar-refractivity contribution >= 4 is 31.7 Å². The number of benzene rings is 1. The first-order valence-corrected chi connectivity index (χ1v) is 8.69. The second kappa shape index (κ2) is 5.25. The third-order valence-electron chi connectivity index (χ3n) is 3.29. The van der Waals surface area contributed by atoms with Gasteiger partial charge in [-0.2, -0.15) is 0 Å². The molecule has 2 rings (SSSR count). The minimum absolute atomic E-state index is 0.0439. The molecule has 0 aromatic heterocycles. The maximum absolute atomic E-state index is 12.5. The van der Waals surface area contributed by atoms with Crippen molar-refractivity contribution in [2.24, 2.45) is 0 Å². The van der Waals surface area contributed by atoms with E-state index in [4.69, 9.17) is 0 Å². The van der Waals surface area contributed by atoms with Gasteiger partial charge >= 0.3 is 0 Å². The largest absolute Gasteiger partial charge is 0.334 e. The zero-order chi connectivity index (χ0) is 14.2. The number of halogens is 1. The molecule has 1 aliphatic rings. The van der Waals surface area contributed by atoms with Crippen molar-refractivity contribution in [3.63, 3.8) is 0 Å². The zero-order valence-electron chi connectivity index (χ0n) is 10.9. The van der Waals surface area contributed by atoms with Crippen molar-refractivity contribution in [1.29, 1.82) is 0 Å². The quantitative estimate of drug-likeness (QED) is 0.782. The first-order valence-electron chi connectivity index (χ1n) is 6.08. The molecule has 0 bridgehead atoms. The van der Waals surface area contributed by atoms with Gasteiger partial charge < -0.3 is 4.90 Å². The number of aryl methyl sites for hydroxylation is 1. The number of hydrogen-bond donors (Lipinski definition) is 0. The molecule has 0 radical (unpaired) electrons. The molecule has 1 fully saturated rings. The molecule has 1 aromatic carbocycles. The minimum atomic E-state index is -3.00. The van der Waals surface area contributed by atoms with Gasteiger partial charge in [-0.1, -0.05) is 6.07 Å². The van der Waals surface area contributed by atoms with Gasteiger partial charge in [0.1, 0.15) is 0 Å². The first-order chi connectivity index (χ1) is 8.80. The van der Waals surface area contributed by atoms with E-state index >= 15 is 0 Å². The average molecular weight is 346 g/mol. The van der Waals surface area contributed by atoms with Gasteiger partial charge in [-0.25, -0.2) is 8.42 Å². The standard InChI is InChI=1S/C13H16BrNO3S/c1-9-3-4-11(12(14)7-9)13(16)15-5-6-19(17,18)8-10(15)2/h3-4,7,10H,5-6,8H2,1-2H3. The molecule has 0 aliphatic carbocycles. The fourth-order valence-corrected chi connectivity index (χ4v) is 4.47. The molecule has 1 heterocycles. The van der Waals surface area contributed by atoms with E-state index < -0.39 is 9.84 Å². The summed E-state index contributed by atoms with van der Waals surface area (Å²) in [5.74, 6) is -0.0244. The van der Waals surface area contributed by atoms with E-state index in [0.29, 0.717) is 5.56 Å². The lowest BCUT2D eigenvalue weighted by Gasteiger charge is -2.33. The third-order valence-corrected chi connectivity index (χ3v) is 5.74. The van der Waals surface area contributed by atoms with Crippen LogP contribution in [-0.2, 0) is 9.84 Å². The van der Waals surface area contributed by atoms with Gasteiger partial charge in [-0.15, -0.1) is 0 Å². The zero-order valence-corrected chi connectivity index (χ0v) is 13.3. The topological polar surface area (TPSA) is 54.5 Å². The van der Waals surface area contributed by atoms with Crippen LogP contribution in [0.15, 0.2) is 22.7 Å². The summed E-state index contributed by atoms with van der Waals surface area (Å²) in [5.41, 5.74) is 1.65. The Balaban J connectivity index is 2.25. The molecule has 1 aliphatic heterocycles. The van der Waals surface area contributed by atoms with Crippen LogP contribution >= 0.6 is 15.9 Å². The van der Waals surface area contributed by atoms with Crippen molar-refractivity contribution in [3.8, 4) is 0 Å². The van der Waals surface area contributed by atoms with E-state index in [2.05, 4.69) is 15.9 Å². The Labute approximate surface area is 121 Å². The lowest BCUT2D eigenvalue weighted by atomic mass is 10.1. The van der Waals surface area contributed by atoms with Crippen LogP contribution in [-0.4, -0.2) is 43.3 Å². The fourth-order valence-electron chi connectivity index (χ4n) is 2.25. The van der Waals surface area contributed by atoms with Gasteiger partial charge in [0.25, 0.3) is 5.91 Å². The van der Waals surface area contributed by atoms with Gasteiger partial charge in [0.2, 0.25) is 0 Å². The summed E-state index contributed by atoms with van der Waals surface area (Å²) in [4.78, 5) is 14.1. The first kappa shape index (κ1) is 14.5. The van der Waals surface area contributed by atoms with E-state index in [-0.39, 0.29) is 30.0 Å². The van der Waals surface area contributed by atoms with Crippen molar-refractivity contribution in [3.05, 3.63) is 33.8 Å². The Morgan fingerprint density at radius 2 is 2.11 bits per heavy atom. The lowest BCUT2D eigenvalue weighted by Crippen LogP contribution is -2.49. The molecule has 0 saturated carbocycles. The van der Waals surface area contributed by atoms with Gasteiger partial charge in [-0.05, 0) is 47.5 Å². The number of rotatable bonds is 1. The van der Waals surface area contributed by atoms with E-state index in [0.717, 1.165) is 10.0 Å². The summed E-state index contributed by atoms with van der Waals surface area (Å²) in [6.07, 6.45) is 0. The summed E-state index contributed by atoms with van der Waals surface area (Å²) >= 11 is 3.39. The van der Waals surface area contributed by atoms with E-state index in [1.54, 1.807) is 17.9 Å². The molecule has 0 spiro atoms. The SMILES string of the molecule is Cc1ccc(C(=O)N2CCS(=O)(=O)CC2C)c(Br)c1. The van der Waals surface area contributed by atoms with Crippen LogP contribution in [0.5, 0.6) is 0 Å². The molecule has 1 aromatic rings. The highest BCUT2D eigenvalue weighted by Crippen LogP contribution is 2.22. The van der Waals surface area contributed by atoms with Gasteiger partial charge in [0, 0.05) is 17.1 Å². The van der Waals surface area contributed by atoms with Crippen LogP contribution in [0.3, 0.4) is 0 Å². The summed E-state index contributed by atoms with van der Waals surface area (Å²) in [5, 5.41) is 0. The number of carbonyl (C=O) groups is 1. The second-order valence-corrected chi connectivity index (χ2v) is 8.03. The summed E-state index contributed by atoms with van der Waals surface area (Å²) in [6.45, 7) is 3.99. The minimum Gasteiger partial charge on any atom is -0.334 e. The molecule has 1 unspecified atom stereocenters. The Morgan fingerprint density at radius 3 is 2.68 bits per heavy atom. The number of nitrogens with zero attached hydrogens (tertiary/aromatic N) is 1. The third kappa shape index (κ3) is 3.17. The van der Waals surface area contributed by atoms with Crippen LogP contribution in [0.4, 0.5) is 0 Å². The number of hydrogen-bond acceptors (Lipinski definition) is 3. The molecular formula is C13H16BrNO3S. The van der Waals surface area contributed by atoms with Crippen LogP contribution in [0.25, 0.3) is 0 Å². The smallest absolute Gasteiger partial charge is 0.255 e. The Bertz CT molecular complexity index is 612. The molecule has 6 heteroatoms. The van der Waals surface area contributed by atoms with Crippen LogP contribution in [0.2, 0.25) is 0 Å². The van der Waals surface area contributed by atoms with Crippen LogP contribution in [0.1, 0.15) is 22.8 Å². The highest BCUT2D eigenvalue weighted by Gasteiger charge is 2.32. The van der Waals surface area contributed by atoms with Crippen molar-refractivity contribution in [2.75, 3.05) is 18.1 Å². The van der Waals surface area contributed by atoms with Crippen molar-refractivity contribution in [2.45, 2.75) is 19.9 Å². The molecule has 1 atom stereocenters. The molecule has 4 nitrogen and oxygen atoms in total. The van der Waals surface area contributed by atoms with E-state index in [9.17, 15) is 13.2 Å². The van der Waals surface area contributed by atoms with E-state index in [1.165, 1.54) is 0 Å². The number of amides is 1. The Kier molecular flexibility index (Phi) is 4.01. The highest BCUT2D eigenvalue weighted by atomic mass is 79.9. The van der Waals surface area contributed by atoms with E-state index in [1.807, 2.05) is 19.1 Å². The number of sulfone groups is 1. The molecule has 19 heavy (non-hydrogen) atoms. The maximum atomic E-state index is 12.5. The molecule has 104 valence electrons. The summed E-state index contributed by atoms with van der Waals surface area (Å²) < 4.78 is 23.8. The van der Waals surface area contributed by atoms with Crippen LogP contribution < -0.4 is 0 Å². The average Bonchev–Trinajstić information content (AvgIpc) is 2.26. The molecule has 1 amide bonds. The van der Waals surface area contributed by atoms with Gasteiger partial charge in [-0.3, -0.25) is 4.79 Å².